The van der Waals surface area contributed by atoms with E-state index in [1.165, 1.54) is 0 Å². The zero-order valence-corrected chi connectivity index (χ0v) is 12.7. The number of hydrogen-bond acceptors (Lipinski definition) is 3. The lowest BCUT2D eigenvalue weighted by atomic mass is 10.1. The van der Waals surface area contributed by atoms with Crippen molar-refractivity contribution in [3.8, 4) is 0 Å². The molecule has 1 aliphatic rings. The minimum Gasteiger partial charge on any atom is -0.379 e. The highest BCUT2D eigenvalue weighted by molar-refractivity contribution is 9.10. The SMILES string of the molecule is Cc1cccc(C(=O)NCCN2CCOCC2)c1Br. The van der Waals surface area contributed by atoms with Gasteiger partial charge in [0.15, 0.2) is 0 Å². The molecule has 1 fully saturated rings. The van der Waals surface area contributed by atoms with E-state index < -0.39 is 0 Å². The van der Waals surface area contributed by atoms with Gasteiger partial charge in [0.05, 0.1) is 18.8 Å². The fourth-order valence-corrected chi connectivity index (χ4v) is 2.51. The van der Waals surface area contributed by atoms with Crippen molar-refractivity contribution in [1.82, 2.24) is 10.2 Å². The maximum atomic E-state index is 12.1. The molecular formula is C14H19BrN2O2. The maximum Gasteiger partial charge on any atom is 0.252 e. The molecule has 19 heavy (non-hydrogen) atoms. The maximum absolute atomic E-state index is 12.1. The Bertz CT molecular complexity index is 445. The number of halogens is 1. The molecule has 2 rings (SSSR count). The summed E-state index contributed by atoms with van der Waals surface area (Å²) < 4.78 is 6.16. The van der Waals surface area contributed by atoms with E-state index in [0.717, 1.165) is 42.9 Å². The van der Waals surface area contributed by atoms with Crippen LogP contribution in [0.15, 0.2) is 22.7 Å². The zero-order chi connectivity index (χ0) is 13.7. The van der Waals surface area contributed by atoms with Gasteiger partial charge in [-0.05, 0) is 34.5 Å². The topological polar surface area (TPSA) is 41.6 Å². The Morgan fingerprint density at radius 2 is 2.16 bits per heavy atom. The minimum absolute atomic E-state index is 0.0242. The van der Waals surface area contributed by atoms with E-state index >= 15 is 0 Å². The van der Waals surface area contributed by atoms with Crippen LogP contribution in [-0.2, 0) is 4.74 Å². The molecular weight excluding hydrogens is 308 g/mol. The van der Waals surface area contributed by atoms with Crippen molar-refractivity contribution in [2.75, 3.05) is 39.4 Å². The first-order valence-corrected chi connectivity index (χ1v) is 7.31. The predicted molar refractivity (Wildman–Crippen MR) is 78.5 cm³/mol. The van der Waals surface area contributed by atoms with Crippen LogP contribution in [0.2, 0.25) is 0 Å². The van der Waals surface area contributed by atoms with Crippen LogP contribution in [0, 0.1) is 6.92 Å². The Morgan fingerprint density at radius 1 is 1.42 bits per heavy atom. The van der Waals surface area contributed by atoms with Gasteiger partial charge in [0.25, 0.3) is 5.91 Å². The Balaban J connectivity index is 1.82. The molecule has 0 radical (unpaired) electrons. The largest absolute Gasteiger partial charge is 0.379 e. The quantitative estimate of drug-likeness (QED) is 0.917. The highest BCUT2D eigenvalue weighted by Gasteiger charge is 2.13. The van der Waals surface area contributed by atoms with Gasteiger partial charge < -0.3 is 10.1 Å². The molecule has 1 aromatic rings. The molecule has 5 heteroatoms. The third kappa shape index (κ3) is 4.03. The summed E-state index contributed by atoms with van der Waals surface area (Å²) in [5.74, 6) is -0.0242. The molecule has 0 aliphatic carbocycles. The zero-order valence-electron chi connectivity index (χ0n) is 11.1. The molecule has 1 heterocycles. The van der Waals surface area contributed by atoms with E-state index in [0.29, 0.717) is 12.1 Å². The van der Waals surface area contributed by atoms with Crippen molar-refractivity contribution in [3.05, 3.63) is 33.8 Å². The third-order valence-corrected chi connectivity index (χ3v) is 4.31. The number of rotatable bonds is 4. The fourth-order valence-electron chi connectivity index (χ4n) is 2.07. The second-order valence-corrected chi connectivity index (χ2v) is 5.44. The van der Waals surface area contributed by atoms with Crippen LogP contribution >= 0.6 is 15.9 Å². The number of carbonyl (C=O) groups is 1. The average molecular weight is 327 g/mol. The Hall–Kier alpha value is -0.910. The number of aryl methyl sites for hydroxylation is 1. The standard InChI is InChI=1S/C14H19BrN2O2/c1-11-3-2-4-12(13(11)15)14(18)16-5-6-17-7-9-19-10-8-17/h2-4H,5-10H2,1H3,(H,16,18). The van der Waals surface area contributed by atoms with Crippen molar-refractivity contribution in [2.24, 2.45) is 0 Å². The average Bonchev–Trinajstić information content (AvgIpc) is 2.43. The van der Waals surface area contributed by atoms with Gasteiger partial charge in [-0.2, -0.15) is 0 Å². The number of amides is 1. The van der Waals surface area contributed by atoms with Crippen molar-refractivity contribution >= 4 is 21.8 Å². The van der Waals surface area contributed by atoms with Gasteiger partial charge in [-0.1, -0.05) is 12.1 Å². The molecule has 0 spiro atoms. The second kappa shape index (κ2) is 7.03. The number of nitrogens with one attached hydrogen (secondary N) is 1. The first-order valence-electron chi connectivity index (χ1n) is 6.52. The number of carbonyl (C=O) groups excluding carboxylic acids is 1. The summed E-state index contributed by atoms with van der Waals surface area (Å²) in [5.41, 5.74) is 1.77. The smallest absolute Gasteiger partial charge is 0.252 e. The number of hydrogen-bond donors (Lipinski definition) is 1. The summed E-state index contributed by atoms with van der Waals surface area (Å²) in [6, 6.07) is 5.72. The molecule has 0 unspecified atom stereocenters. The first kappa shape index (κ1) is 14.5. The molecule has 1 aromatic carbocycles. The van der Waals surface area contributed by atoms with Crippen LogP contribution in [0.1, 0.15) is 15.9 Å². The van der Waals surface area contributed by atoms with Gasteiger partial charge in [0, 0.05) is 30.7 Å². The summed E-state index contributed by atoms with van der Waals surface area (Å²) in [7, 11) is 0. The van der Waals surface area contributed by atoms with Crippen molar-refractivity contribution < 1.29 is 9.53 Å². The molecule has 0 atom stereocenters. The van der Waals surface area contributed by atoms with Gasteiger partial charge in [-0.25, -0.2) is 0 Å². The summed E-state index contributed by atoms with van der Waals surface area (Å²) in [6.07, 6.45) is 0. The van der Waals surface area contributed by atoms with E-state index in [1.807, 2.05) is 25.1 Å². The molecule has 1 N–H and O–H groups in total. The van der Waals surface area contributed by atoms with Crippen molar-refractivity contribution in [1.29, 1.82) is 0 Å². The minimum atomic E-state index is -0.0242. The highest BCUT2D eigenvalue weighted by Crippen LogP contribution is 2.20. The lowest BCUT2D eigenvalue weighted by Crippen LogP contribution is -2.41. The Kier molecular flexibility index (Phi) is 5.36. The molecule has 104 valence electrons. The normalized spacial score (nSPS) is 16.3. The monoisotopic (exact) mass is 326 g/mol. The Labute approximate surface area is 122 Å². The lowest BCUT2D eigenvalue weighted by molar-refractivity contribution is 0.0383. The molecule has 1 aliphatic heterocycles. The molecule has 1 saturated heterocycles. The van der Waals surface area contributed by atoms with Gasteiger partial charge in [0.1, 0.15) is 0 Å². The molecule has 1 amide bonds. The van der Waals surface area contributed by atoms with Crippen LogP contribution < -0.4 is 5.32 Å². The van der Waals surface area contributed by atoms with Crippen molar-refractivity contribution in [3.63, 3.8) is 0 Å². The lowest BCUT2D eigenvalue weighted by Gasteiger charge is -2.26. The Morgan fingerprint density at radius 3 is 2.89 bits per heavy atom. The second-order valence-electron chi connectivity index (χ2n) is 4.65. The van der Waals surface area contributed by atoms with Crippen LogP contribution in [0.3, 0.4) is 0 Å². The molecule has 0 aromatic heterocycles. The van der Waals surface area contributed by atoms with Gasteiger partial charge in [0.2, 0.25) is 0 Å². The van der Waals surface area contributed by atoms with Crippen molar-refractivity contribution in [2.45, 2.75) is 6.92 Å². The fraction of sp³-hybridized carbons (Fsp3) is 0.500. The van der Waals surface area contributed by atoms with Gasteiger partial charge >= 0.3 is 0 Å². The van der Waals surface area contributed by atoms with E-state index in [1.54, 1.807) is 0 Å². The van der Waals surface area contributed by atoms with Crippen LogP contribution in [0.4, 0.5) is 0 Å². The number of morpholine rings is 1. The summed E-state index contributed by atoms with van der Waals surface area (Å²) in [4.78, 5) is 14.4. The molecule has 0 bridgehead atoms. The van der Waals surface area contributed by atoms with E-state index in [4.69, 9.17) is 4.74 Å². The number of ether oxygens (including phenoxy) is 1. The van der Waals surface area contributed by atoms with E-state index in [-0.39, 0.29) is 5.91 Å². The van der Waals surface area contributed by atoms with Crippen LogP contribution in [-0.4, -0.2) is 50.2 Å². The molecule has 0 saturated carbocycles. The summed E-state index contributed by atoms with van der Waals surface area (Å²) in [5, 5.41) is 2.96. The highest BCUT2D eigenvalue weighted by atomic mass is 79.9. The first-order chi connectivity index (χ1) is 9.18. The van der Waals surface area contributed by atoms with Gasteiger partial charge in [-0.15, -0.1) is 0 Å². The summed E-state index contributed by atoms with van der Waals surface area (Å²) >= 11 is 3.46. The van der Waals surface area contributed by atoms with Crippen LogP contribution in [0.5, 0.6) is 0 Å². The van der Waals surface area contributed by atoms with E-state index in [9.17, 15) is 4.79 Å². The number of nitrogens with zero attached hydrogens (tertiary/aromatic N) is 1. The third-order valence-electron chi connectivity index (χ3n) is 3.25. The predicted octanol–water partition coefficient (Wildman–Crippen LogP) is 1.82. The van der Waals surface area contributed by atoms with E-state index in [2.05, 4.69) is 26.1 Å². The number of benzene rings is 1. The summed E-state index contributed by atoms with van der Waals surface area (Å²) in [6.45, 7) is 7.00. The van der Waals surface area contributed by atoms with Gasteiger partial charge in [-0.3, -0.25) is 9.69 Å². The molecule has 4 nitrogen and oxygen atoms in total. The van der Waals surface area contributed by atoms with Crippen LogP contribution in [0.25, 0.3) is 0 Å².